The summed E-state index contributed by atoms with van der Waals surface area (Å²) >= 11 is 5.64. The van der Waals surface area contributed by atoms with E-state index < -0.39 is 6.09 Å². The van der Waals surface area contributed by atoms with Crippen molar-refractivity contribution in [1.82, 2.24) is 19.9 Å². The van der Waals surface area contributed by atoms with Crippen LogP contribution in [0.3, 0.4) is 0 Å². The number of hydrogen-bond donors (Lipinski definition) is 2. The number of aromatic nitrogens is 3. The van der Waals surface area contributed by atoms with Crippen molar-refractivity contribution in [3.63, 3.8) is 0 Å². The van der Waals surface area contributed by atoms with E-state index >= 15 is 0 Å². The Labute approximate surface area is 108 Å². The van der Waals surface area contributed by atoms with E-state index in [0.717, 1.165) is 0 Å². The Hall–Kier alpha value is -1.67. The molecular formula is C9H12ClN5O3. The summed E-state index contributed by atoms with van der Waals surface area (Å²) in [4.78, 5) is 23.7. The number of nitrogens with zero attached hydrogens (tertiary/aromatic N) is 4. The topological polar surface area (TPSA) is 100 Å². The monoisotopic (exact) mass is 273 g/mol. The van der Waals surface area contributed by atoms with Crippen molar-refractivity contribution < 1.29 is 14.6 Å². The minimum atomic E-state index is -0.971. The first-order valence-corrected chi connectivity index (χ1v) is 5.69. The van der Waals surface area contributed by atoms with E-state index in [9.17, 15) is 4.79 Å². The van der Waals surface area contributed by atoms with Gasteiger partial charge in [-0.05, 0) is 11.6 Å². The normalized spacial score (nSPS) is 20.3. The standard InChI is InChI=1S/C9H12ClN5O3/c10-7-11-5-12-8(14-7)13-6-3-15(9(16)17)1-2-18-4-6/h5-6H,1-4H2,(H,16,17)(H,11,12,13,14). The third-order valence-corrected chi connectivity index (χ3v) is 2.59. The van der Waals surface area contributed by atoms with Gasteiger partial charge in [0.25, 0.3) is 0 Å². The van der Waals surface area contributed by atoms with Crippen molar-refractivity contribution in [2.24, 2.45) is 0 Å². The molecule has 0 aliphatic carbocycles. The second-order valence-electron chi connectivity index (χ2n) is 3.72. The molecule has 0 saturated carbocycles. The minimum absolute atomic E-state index is 0.0807. The Morgan fingerprint density at radius 3 is 3.17 bits per heavy atom. The molecule has 8 nitrogen and oxygen atoms in total. The van der Waals surface area contributed by atoms with Gasteiger partial charge in [0.15, 0.2) is 0 Å². The molecule has 1 atom stereocenters. The van der Waals surface area contributed by atoms with E-state index in [1.807, 2.05) is 0 Å². The predicted octanol–water partition coefficient (Wildman–Crippen LogP) is 0.316. The van der Waals surface area contributed by atoms with Crippen LogP contribution in [-0.4, -0.2) is 63.4 Å². The number of carboxylic acid groups (broad SMARTS) is 1. The molecule has 1 aromatic heterocycles. The highest BCUT2D eigenvalue weighted by Gasteiger charge is 2.22. The summed E-state index contributed by atoms with van der Waals surface area (Å²) in [6.45, 7) is 1.42. The van der Waals surface area contributed by atoms with Gasteiger partial charge in [0.05, 0.1) is 19.3 Å². The fourth-order valence-corrected chi connectivity index (χ4v) is 1.72. The summed E-state index contributed by atoms with van der Waals surface area (Å²) in [5.41, 5.74) is 0. The third-order valence-electron chi connectivity index (χ3n) is 2.41. The number of amides is 1. The Morgan fingerprint density at radius 1 is 1.61 bits per heavy atom. The molecule has 98 valence electrons. The van der Waals surface area contributed by atoms with Crippen LogP contribution in [-0.2, 0) is 4.74 Å². The molecule has 2 heterocycles. The number of rotatable bonds is 2. The highest BCUT2D eigenvalue weighted by molar-refractivity contribution is 6.28. The van der Waals surface area contributed by atoms with Crippen LogP contribution in [0.2, 0.25) is 5.28 Å². The molecule has 1 aliphatic heterocycles. The SMILES string of the molecule is O=C(O)N1CCOCC(Nc2ncnc(Cl)n2)C1. The van der Waals surface area contributed by atoms with Gasteiger partial charge in [-0.15, -0.1) is 0 Å². The van der Waals surface area contributed by atoms with E-state index in [0.29, 0.717) is 32.3 Å². The van der Waals surface area contributed by atoms with Gasteiger partial charge >= 0.3 is 6.09 Å². The van der Waals surface area contributed by atoms with E-state index in [1.165, 1.54) is 11.2 Å². The maximum Gasteiger partial charge on any atom is 0.407 e. The molecule has 1 amide bonds. The van der Waals surface area contributed by atoms with Gasteiger partial charge in [-0.2, -0.15) is 4.98 Å². The van der Waals surface area contributed by atoms with Crippen molar-refractivity contribution in [2.75, 3.05) is 31.6 Å². The number of nitrogens with one attached hydrogen (secondary N) is 1. The van der Waals surface area contributed by atoms with Crippen molar-refractivity contribution >= 4 is 23.6 Å². The van der Waals surface area contributed by atoms with Gasteiger partial charge in [0.2, 0.25) is 11.2 Å². The number of carbonyl (C=O) groups is 1. The Kier molecular flexibility index (Phi) is 4.11. The van der Waals surface area contributed by atoms with Crippen molar-refractivity contribution in [2.45, 2.75) is 6.04 Å². The molecule has 0 aromatic carbocycles. The maximum absolute atomic E-state index is 10.9. The van der Waals surface area contributed by atoms with Gasteiger partial charge in [-0.25, -0.2) is 14.8 Å². The first-order chi connectivity index (χ1) is 8.65. The highest BCUT2D eigenvalue weighted by Crippen LogP contribution is 2.07. The van der Waals surface area contributed by atoms with Crippen LogP contribution in [0.4, 0.5) is 10.7 Å². The minimum Gasteiger partial charge on any atom is -0.465 e. The summed E-state index contributed by atoms with van der Waals surface area (Å²) in [7, 11) is 0. The van der Waals surface area contributed by atoms with E-state index in [1.54, 1.807) is 0 Å². The molecule has 0 spiro atoms. The Morgan fingerprint density at radius 2 is 2.44 bits per heavy atom. The van der Waals surface area contributed by atoms with Crippen molar-refractivity contribution in [1.29, 1.82) is 0 Å². The Balaban J connectivity index is 2.01. The largest absolute Gasteiger partial charge is 0.465 e. The summed E-state index contributed by atoms with van der Waals surface area (Å²) in [6, 6.07) is -0.220. The van der Waals surface area contributed by atoms with Crippen LogP contribution in [0.1, 0.15) is 0 Å². The number of anilines is 1. The number of hydrogen-bond acceptors (Lipinski definition) is 6. The lowest BCUT2D eigenvalue weighted by Gasteiger charge is -2.21. The molecule has 2 N–H and O–H groups in total. The average molecular weight is 274 g/mol. The van der Waals surface area contributed by atoms with Gasteiger partial charge in [0, 0.05) is 13.1 Å². The fourth-order valence-electron chi connectivity index (χ4n) is 1.60. The molecule has 18 heavy (non-hydrogen) atoms. The molecule has 1 aromatic rings. The van der Waals surface area contributed by atoms with Crippen LogP contribution < -0.4 is 5.32 Å². The van der Waals surface area contributed by atoms with Crippen molar-refractivity contribution in [3.05, 3.63) is 11.6 Å². The first-order valence-electron chi connectivity index (χ1n) is 5.32. The van der Waals surface area contributed by atoms with Crippen LogP contribution in [0, 0.1) is 0 Å². The summed E-state index contributed by atoms with van der Waals surface area (Å²) in [6.07, 6.45) is 0.311. The molecule has 2 rings (SSSR count). The second kappa shape index (κ2) is 5.78. The predicted molar refractivity (Wildman–Crippen MR) is 62.7 cm³/mol. The number of halogens is 1. The molecule has 1 aliphatic rings. The van der Waals surface area contributed by atoms with Crippen LogP contribution in [0.5, 0.6) is 0 Å². The molecule has 1 fully saturated rings. The summed E-state index contributed by atoms with van der Waals surface area (Å²) < 4.78 is 5.32. The molecule has 1 unspecified atom stereocenters. The van der Waals surface area contributed by atoms with E-state index in [-0.39, 0.29) is 11.3 Å². The van der Waals surface area contributed by atoms with Crippen molar-refractivity contribution in [3.8, 4) is 0 Å². The van der Waals surface area contributed by atoms with Crippen LogP contribution in [0.15, 0.2) is 6.33 Å². The molecule has 0 bridgehead atoms. The molecule has 0 radical (unpaired) electrons. The fraction of sp³-hybridized carbons (Fsp3) is 0.556. The smallest absolute Gasteiger partial charge is 0.407 e. The molecule has 9 heteroatoms. The highest BCUT2D eigenvalue weighted by atomic mass is 35.5. The lowest BCUT2D eigenvalue weighted by molar-refractivity contribution is 0.126. The maximum atomic E-state index is 10.9. The van der Waals surface area contributed by atoms with Gasteiger partial charge in [0.1, 0.15) is 6.33 Å². The van der Waals surface area contributed by atoms with Gasteiger partial charge < -0.3 is 20.1 Å². The summed E-state index contributed by atoms with van der Waals surface area (Å²) in [5, 5.41) is 12.0. The van der Waals surface area contributed by atoms with Crippen LogP contribution in [0.25, 0.3) is 0 Å². The third kappa shape index (κ3) is 3.41. The molecule has 1 saturated heterocycles. The lowest BCUT2D eigenvalue weighted by atomic mass is 10.3. The zero-order chi connectivity index (χ0) is 13.0. The lowest BCUT2D eigenvalue weighted by Crippen LogP contribution is -2.40. The van der Waals surface area contributed by atoms with Gasteiger partial charge in [-0.1, -0.05) is 0 Å². The Bertz CT molecular complexity index is 432. The number of ether oxygens (including phenoxy) is 1. The first kappa shape index (κ1) is 12.8. The van der Waals surface area contributed by atoms with Gasteiger partial charge in [-0.3, -0.25) is 0 Å². The van der Waals surface area contributed by atoms with E-state index in [2.05, 4.69) is 20.3 Å². The summed E-state index contributed by atoms with van der Waals surface area (Å²) in [5.74, 6) is 0.302. The average Bonchev–Trinajstić information content (AvgIpc) is 2.55. The zero-order valence-corrected chi connectivity index (χ0v) is 10.2. The molecular weight excluding hydrogens is 262 g/mol. The quantitative estimate of drug-likeness (QED) is 0.800. The zero-order valence-electron chi connectivity index (χ0n) is 9.41. The van der Waals surface area contributed by atoms with E-state index in [4.69, 9.17) is 21.4 Å². The van der Waals surface area contributed by atoms with Crippen LogP contribution >= 0.6 is 11.6 Å². The second-order valence-corrected chi connectivity index (χ2v) is 4.06.